The zero-order valence-electron chi connectivity index (χ0n) is 14.3. The SMILES string of the molecule is O=c1c2cn[nH]c2c2ccc(-c3ncccc3C(F)(F)F)cc2n1CC(F)(F)F. The van der Waals surface area contributed by atoms with Crippen molar-refractivity contribution < 1.29 is 26.3 Å². The van der Waals surface area contributed by atoms with Crippen LogP contribution in [0.25, 0.3) is 33.1 Å². The number of nitrogens with zero attached hydrogens (tertiary/aromatic N) is 3. The molecule has 150 valence electrons. The van der Waals surface area contributed by atoms with Gasteiger partial charge >= 0.3 is 12.4 Å². The average molecular weight is 412 g/mol. The molecule has 3 heterocycles. The Morgan fingerprint density at radius 2 is 1.79 bits per heavy atom. The first-order valence-electron chi connectivity index (χ1n) is 8.15. The second-order valence-electron chi connectivity index (χ2n) is 6.29. The maximum atomic E-state index is 13.3. The molecule has 4 aromatic rings. The molecule has 0 fully saturated rings. The number of H-pyrrole nitrogens is 1. The van der Waals surface area contributed by atoms with E-state index in [4.69, 9.17) is 0 Å². The van der Waals surface area contributed by atoms with Gasteiger partial charge in [0.25, 0.3) is 5.56 Å². The molecule has 29 heavy (non-hydrogen) atoms. The highest BCUT2D eigenvalue weighted by atomic mass is 19.4. The molecule has 0 bridgehead atoms. The van der Waals surface area contributed by atoms with E-state index in [1.54, 1.807) is 0 Å². The number of nitrogens with one attached hydrogen (secondary N) is 1. The Hall–Kier alpha value is -3.37. The van der Waals surface area contributed by atoms with Crippen LogP contribution in [0.15, 0.2) is 47.5 Å². The second kappa shape index (κ2) is 6.33. The molecular weight excluding hydrogens is 402 g/mol. The summed E-state index contributed by atoms with van der Waals surface area (Å²) in [5.41, 5.74) is -2.48. The van der Waals surface area contributed by atoms with E-state index < -0.39 is 35.7 Å². The summed E-state index contributed by atoms with van der Waals surface area (Å²) in [6, 6.07) is 5.68. The molecule has 1 aromatic carbocycles. The van der Waals surface area contributed by atoms with E-state index in [9.17, 15) is 31.1 Å². The third-order valence-corrected chi connectivity index (χ3v) is 4.40. The zero-order chi connectivity index (χ0) is 21.0. The Morgan fingerprint density at radius 3 is 2.48 bits per heavy atom. The van der Waals surface area contributed by atoms with Crippen LogP contribution in [0.1, 0.15) is 5.56 Å². The number of pyridine rings is 2. The summed E-state index contributed by atoms with van der Waals surface area (Å²) >= 11 is 0. The van der Waals surface area contributed by atoms with E-state index in [0.29, 0.717) is 4.57 Å². The van der Waals surface area contributed by atoms with Crippen LogP contribution in [0.5, 0.6) is 0 Å². The summed E-state index contributed by atoms with van der Waals surface area (Å²) in [5.74, 6) is 0. The van der Waals surface area contributed by atoms with Crippen molar-refractivity contribution in [2.75, 3.05) is 0 Å². The molecule has 0 spiro atoms. The Labute approximate surface area is 157 Å². The van der Waals surface area contributed by atoms with Crippen LogP contribution >= 0.6 is 0 Å². The van der Waals surface area contributed by atoms with Crippen molar-refractivity contribution in [2.24, 2.45) is 0 Å². The molecule has 1 N–H and O–H groups in total. The van der Waals surface area contributed by atoms with Gasteiger partial charge in [-0.05, 0) is 18.2 Å². The third-order valence-electron chi connectivity index (χ3n) is 4.40. The first-order valence-corrected chi connectivity index (χ1v) is 8.15. The van der Waals surface area contributed by atoms with Crippen LogP contribution < -0.4 is 5.56 Å². The Kier molecular flexibility index (Phi) is 4.14. The predicted octanol–water partition coefficient (Wildman–Crippen LogP) is 4.52. The van der Waals surface area contributed by atoms with Crippen molar-refractivity contribution in [1.29, 1.82) is 0 Å². The van der Waals surface area contributed by atoms with Crippen LogP contribution in [0, 0.1) is 0 Å². The summed E-state index contributed by atoms with van der Waals surface area (Å²) < 4.78 is 79.7. The van der Waals surface area contributed by atoms with Gasteiger partial charge in [0.15, 0.2) is 0 Å². The minimum atomic E-state index is -4.72. The fourth-order valence-corrected chi connectivity index (χ4v) is 3.22. The Bertz CT molecular complexity index is 1290. The van der Waals surface area contributed by atoms with Gasteiger partial charge in [0.2, 0.25) is 0 Å². The molecule has 11 heteroatoms. The van der Waals surface area contributed by atoms with Crippen molar-refractivity contribution in [1.82, 2.24) is 19.7 Å². The van der Waals surface area contributed by atoms with Gasteiger partial charge in [-0.25, -0.2) is 0 Å². The normalized spacial score (nSPS) is 12.8. The first-order chi connectivity index (χ1) is 13.6. The van der Waals surface area contributed by atoms with Gasteiger partial charge in [-0.15, -0.1) is 0 Å². The van der Waals surface area contributed by atoms with Crippen LogP contribution in [-0.4, -0.2) is 25.9 Å². The number of aromatic amines is 1. The van der Waals surface area contributed by atoms with Crippen LogP contribution in [0.3, 0.4) is 0 Å². The topological polar surface area (TPSA) is 63.6 Å². The van der Waals surface area contributed by atoms with Crippen molar-refractivity contribution in [3.63, 3.8) is 0 Å². The number of hydrogen-bond donors (Lipinski definition) is 1. The maximum absolute atomic E-state index is 13.3. The standard InChI is InChI=1S/C18H10F6N4O/c19-17(20,21)8-28-13-6-9(14-12(18(22,23)24)2-1-5-25-14)3-4-10(13)15-11(16(28)29)7-26-27-15/h1-7H,8H2,(H,26,27). The molecule has 0 unspecified atom stereocenters. The third kappa shape index (κ3) is 3.32. The van der Waals surface area contributed by atoms with Crippen molar-refractivity contribution in [3.05, 3.63) is 58.6 Å². The molecule has 0 atom stereocenters. The van der Waals surface area contributed by atoms with Crippen LogP contribution in [0.4, 0.5) is 26.3 Å². The molecule has 0 radical (unpaired) electrons. The number of fused-ring (bicyclic) bond motifs is 3. The molecule has 0 aliphatic carbocycles. The van der Waals surface area contributed by atoms with Crippen LogP contribution in [-0.2, 0) is 12.7 Å². The fourth-order valence-electron chi connectivity index (χ4n) is 3.22. The van der Waals surface area contributed by atoms with Gasteiger partial charge in [-0.1, -0.05) is 12.1 Å². The molecule has 5 nitrogen and oxygen atoms in total. The van der Waals surface area contributed by atoms with Gasteiger partial charge in [0, 0.05) is 17.1 Å². The van der Waals surface area contributed by atoms with Gasteiger partial charge < -0.3 is 0 Å². The zero-order valence-corrected chi connectivity index (χ0v) is 14.3. The minimum Gasteiger partial charge on any atom is -0.298 e. The van der Waals surface area contributed by atoms with Crippen molar-refractivity contribution in [3.8, 4) is 11.3 Å². The summed E-state index contributed by atoms with van der Waals surface area (Å²) in [5, 5.41) is 6.41. The lowest BCUT2D eigenvalue weighted by Crippen LogP contribution is -2.28. The molecule has 3 aromatic heterocycles. The molecule has 0 aliphatic heterocycles. The second-order valence-corrected chi connectivity index (χ2v) is 6.29. The van der Waals surface area contributed by atoms with Gasteiger partial charge in [0.05, 0.1) is 33.9 Å². The number of hydrogen-bond acceptors (Lipinski definition) is 3. The fraction of sp³-hybridized carbons (Fsp3) is 0.167. The van der Waals surface area contributed by atoms with Gasteiger partial charge in [-0.2, -0.15) is 31.4 Å². The maximum Gasteiger partial charge on any atom is 0.418 e. The molecule has 0 saturated carbocycles. The number of rotatable bonds is 2. The largest absolute Gasteiger partial charge is 0.418 e. The quantitative estimate of drug-likeness (QED) is 0.493. The monoisotopic (exact) mass is 412 g/mol. The highest BCUT2D eigenvalue weighted by Crippen LogP contribution is 2.37. The number of benzene rings is 1. The molecule has 0 saturated heterocycles. The molecule has 4 rings (SSSR count). The van der Waals surface area contributed by atoms with Crippen molar-refractivity contribution >= 4 is 21.8 Å². The first kappa shape index (κ1) is 19.0. The summed E-state index contributed by atoms with van der Waals surface area (Å²) in [6.07, 6.45) is -7.17. The van der Waals surface area contributed by atoms with Gasteiger partial charge in [-0.3, -0.25) is 19.4 Å². The number of aromatic nitrogens is 4. The summed E-state index contributed by atoms with van der Waals surface area (Å²) in [7, 11) is 0. The minimum absolute atomic E-state index is 0.0525. The van der Waals surface area contributed by atoms with Crippen molar-refractivity contribution in [2.45, 2.75) is 18.9 Å². The molecule has 0 aliphatic rings. The van der Waals surface area contributed by atoms with E-state index in [1.165, 1.54) is 12.1 Å². The lowest BCUT2D eigenvalue weighted by Gasteiger charge is -2.16. The summed E-state index contributed by atoms with van der Waals surface area (Å²) in [4.78, 5) is 16.3. The Morgan fingerprint density at radius 1 is 1.03 bits per heavy atom. The number of alkyl halides is 6. The lowest BCUT2D eigenvalue weighted by atomic mass is 10.0. The van der Waals surface area contributed by atoms with Crippen LogP contribution in [0.2, 0.25) is 0 Å². The van der Waals surface area contributed by atoms with E-state index in [2.05, 4.69) is 15.2 Å². The van der Waals surface area contributed by atoms with E-state index in [0.717, 1.165) is 30.6 Å². The van der Waals surface area contributed by atoms with E-state index in [1.807, 2.05) is 0 Å². The molecule has 0 amide bonds. The van der Waals surface area contributed by atoms with Gasteiger partial charge in [0.1, 0.15) is 6.54 Å². The Balaban J connectivity index is 2.06. The smallest absolute Gasteiger partial charge is 0.298 e. The average Bonchev–Trinajstić information content (AvgIpc) is 3.13. The summed E-state index contributed by atoms with van der Waals surface area (Å²) in [6.45, 7) is -1.60. The lowest BCUT2D eigenvalue weighted by molar-refractivity contribution is -0.140. The predicted molar refractivity (Wildman–Crippen MR) is 92.1 cm³/mol. The highest BCUT2D eigenvalue weighted by Gasteiger charge is 2.34. The van der Waals surface area contributed by atoms with E-state index in [-0.39, 0.29) is 27.4 Å². The van der Waals surface area contributed by atoms with E-state index >= 15 is 0 Å². The highest BCUT2D eigenvalue weighted by molar-refractivity contribution is 6.04. The molecular formula is C18H10F6N4O. The number of halogens is 6.